The molecule has 4 nitrogen and oxygen atoms in total. The van der Waals surface area contributed by atoms with Crippen LogP contribution in [0, 0.1) is 6.92 Å². The van der Waals surface area contributed by atoms with E-state index in [1.54, 1.807) is 6.20 Å². The monoisotopic (exact) mass is 255 g/mol. The van der Waals surface area contributed by atoms with E-state index in [0.717, 1.165) is 40.8 Å². The highest BCUT2D eigenvalue weighted by Gasteiger charge is 2.05. The number of hydrogen-bond acceptors (Lipinski definition) is 3. The number of nitrogens with one attached hydrogen (secondary N) is 1. The van der Waals surface area contributed by atoms with Crippen LogP contribution in [0.3, 0.4) is 0 Å². The van der Waals surface area contributed by atoms with E-state index < -0.39 is 0 Å². The summed E-state index contributed by atoms with van der Waals surface area (Å²) in [5, 5.41) is 0. The van der Waals surface area contributed by atoms with Crippen LogP contribution in [-0.2, 0) is 0 Å². The van der Waals surface area contributed by atoms with Gasteiger partial charge in [-0.1, -0.05) is 6.92 Å². The van der Waals surface area contributed by atoms with Crippen LogP contribution < -0.4 is 10.7 Å². The first-order valence-electron chi connectivity index (χ1n) is 6.47. The van der Waals surface area contributed by atoms with Crippen molar-refractivity contribution in [2.24, 2.45) is 5.73 Å². The summed E-state index contributed by atoms with van der Waals surface area (Å²) < 4.78 is 0. The van der Waals surface area contributed by atoms with E-state index in [1.807, 2.05) is 37.5 Å². The zero-order chi connectivity index (χ0) is 13.7. The van der Waals surface area contributed by atoms with Crippen molar-refractivity contribution in [1.29, 1.82) is 0 Å². The molecule has 2 aromatic heterocycles. The van der Waals surface area contributed by atoms with Crippen molar-refractivity contribution in [3.63, 3.8) is 0 Å². The standard InChI is InChI=1S/C15H18N4/c1-3-6-17-9-13(8-16)12-7-15-14(18-10-12)5-4-11(2)19-15/h4-5,7-10H,3,6,16H2,1-2H3/p+1. The summed E-state index contributed by atoms with van der Waals surface area (Å²) in [6, 6.07) is 5.95. The number of pyridine rings is 2. The first kappa shape index (κ1) is 13.2. The Morgan fingerprint density at radius 1 is 1.37 bits per heavy atom. The lowest BCUT2D eigenvalue weighted by molar-refractivity contribution is -0.450. The second-order valence-corrected chi connectivity index (χ2v) is 4.44. The van der Waals surface area contributed by atoms with Crippen LogP contribution in [0.4, 0.5) is 0 Å². The Morgan fingerprint density at radius 3 is 2.95 bits per heavy atom. The summed E-state index contributed by atoms with van der Waals surface area (Å²) in [6.07, 6.45) is 6.40. The number of fused-ring (bicyclic) bond motifs is 1. The van der Waals surface area contributed by atoms with E-state index in [-0.39, 0.29) is 0 Å². The van der Waals surface area contributed by atoms with Gasteiger partial charge in [-0.2, -0.15) is 0 Å². The SMILES string of the molecule is CCC[NH+]=CC(=CN)c1cnc2ccc(C)nc2c1. The molecule has 4 heteroatoms. The second-order valence-electron chi connectivity index (χ2n) is 4.44. The van der Waals surface area contributed by atoms with Gasteiger partial charge in [0, 0.05) is 30.1 Å². The van der Waals surface area contributed by atoms with E-state index >= 15 is 0 Å². The third-order valence-corrected chi connectivity index (χ3v) is 2.84. The van der Waals surface area contributed by atoms with Crippen LogP contribution in [0.1, 0.15) is 24.6 Å². The van der Waals surface area contributed by atoms with Crippen LogP contribution in [0.15, 0.2) is 30.6 Å². The molecule has 0 radical (unpaired) electrons. The van der Waals surface area contributed by atoms with Crippen molar-refractivity contribution in [2.45, 2.75) is 20.3 Å². The predicted octanol–water partition coefficient (Wildman–Crippen LogP) is 0.799. The molecule has 2 rings (SSSR count). The normalized spacial score (nSPS) is 12.4. The topological polar surface area (TPSA) is 65.8 Å². The zero-order valence-electron chi connectivity index (χ0n) is 11.4. The van der Waals surface area contributed by atoms with E-state index in [4.69, 9.17) is 5.73 Å². The third kappa shape index (κ3) is 3.16. The Bertz CT molecular complexity index is 629. The second kappa shape index (κ2) is 6.09. The Hall–Kier alpha value is -2.23. The molecular weight excluding hydrogens is 236 g/mol. The van der Waals surface area contributed by atoms with Gasteiger partial charge in [0.1, 0.15) is 6.54 Å². The maximum Gasteiger partial charge on any atom is 0.171 e. The van der Waals surface area contributed by atoms with E-state index in [1.165, 1.54) is 0 Å². The molecule has 0 amide bonds. The Morgan fingerprint density at radius 2 is 2.21 bits per heavy atom. The number of rotatable bonds is 4. The molecule has 0 saturated carbocycles. The highest BCUT2D eigenvalue weighted by Crippen LogP contribution is 2.16. The minimum Gasteiger partial charge on any atom is -0.404 e. The van der Waals surface area contributed by atoms with Gasteiger partial charge in [-0.05, 0) is 25.1 Å². The molecule has 2 heterocycles. The molecule has 2 aromatic rings. The number of nitrogens with two attached hydrogens (primary N) is 1. The van der Waals surface area contributed by atoms with Crippen LogP contribution in [0.5, 0.6) is 0 Å². The van der Waals surface area contributed by atoms with Crippen molar-refractivity contribution < 1.29 is 4.99 Å². The largest absolute Gasteiger partial charge is 0.404 e. The lowest BCUT2D eigenvalue weighted by atomic mass is 10.1. The van der Waals surface area contributed by atoms with Gasteiger partial charge in [0.15, 0.2) is 6.21 Å². The van der Waals surface area contributed by atoms with Gasteiger partial charge in [-0.15, -0.1) is 0 Å². The highest BCUT2D eigenvalue weighted by molar-refractivity contribution is 6.07. The molecule has 0 saturated heterocycles. The quantitative estimate of drug-likeness (QED) is 0.794. The van der Waals surface area contributed by atoms with Crippen LogP contribution >= 0.6 is 0 Å². The van der Waals surface area contributed by atoms with Gasteiger partial charge in [0.25, 0.3) is 0 Å². The first-order chi connectivity index (χ1) is 9.24. The fourth-order valence-electron chi connectivity index (χ4n) is 1.82. The average molecular weight is 255 g/mol. The Kier molecular flexibility index (Phi) is 4.23. The average Bonchev–Trinajstić information content (AvgIpc) is 2.43. The summed E-state index contributed by atoms with van der Waals surface area (Å²) in [5.74, 6) is 0. The lowest BCUT2D eigenvalue weighted by Crippen LogP contribution is -2.68. The van der Waals surface area contributed by atoms with Gasteiger partial charge < -0.3 is 5.73 Å². The van der Waals surface area contributed by atoms with E-state index in [2.05, 4.69) is 21.9 Å². The van der Waals surface area contributed by atoms with Gasteiger partial charge in [0.05, 0.1) is 16.6 Å². The molecule has 19 heavy (non-hydrogen) atoms. The fourth-order valence-corrected chi connectivity index (χ4v) is 1.82. The fraction of sp³-hybridized carbons (Fsp3) is 0.267. The Labute approximate surface area is 113 Å². The minimum absolute atomic E-state index is 0.890. The van der Waals surface area contributed by atoms with Crippen LogP contribution in [0.2, 0.25) is 0 Å². The number of aryl methyl sites for hydroxylation is 1. The summed E-state index contributed by atoms with van der Waals surface area (Å²) in [4.78, 5) is 12.1. The first-order valence-corrected chi connectivity index (χ1v) is 6.47. The molecule has 0 unspecified atom stereocenters. The van der Waals surface area contributed by atoms with Gasteiger partial charge in [-0.3, -0.25) is 9.97 Å². The number of aromatic nitrogens is 2. The van der Waals surface area contributed by atoms with Crippen molar-refractivity contribution in [2.75, 3.05) is 6.54 Å². The third-order valence-electron chi connectivity index (χ3n) is 2.84. The molecule has 0 aliphatic carbocycles. The van der Waals surface area contributed by atoms with Crippen molar-refractivity contribution in [3.05, 3.63) is 41.9 Å². The number of allylic oxidation sites excluding steroid dienone is 1. The van der Waals surface area contributed by atoms with Gasteiger partial charge >= 0.3 is 0 Å². The van der Waals surface area contributed by atoms with Gasteiger partial charge in [-0.25, -0.2) is 4.99 Å². The molecule has 0 fully saturated rings. The molecule has 98 valence electrons. The van der Waals surface area contributed by atoms with Crippen molar-refractivity contribution in [3.8, 4) is 0 Å². The maximum absolute atomic E-state index is 5.68. The number of hydrogen-bond donors (Lipinski definition) is 2. The minimum atomic E-state index is 0.890. The maximum atomic E-state index is 5.68. The molecule has 0 aromatic carbocycles. The predicted molar refractivity (Wildman–Crippen MR) is 78.6 cm³/mol. The van der Waals surface area contributed by atoms with E-state index in [9.17, 15) is 0 Å². The smallest absolute Gasteiger partial charge is 0.171 e. The molecule has 0 aliphatic rings. The van der Waals surface area contributed by atoms with Crippen LogP contribution in [-0.4, -0.2) is 22.7 Å². The molecular formula is C15H19N4+. The Balaban J connectivity index is 2.38. The van der Waals surface area contributed by atoms with Crippen molar-refractivity contribution in [1.82, 2.24) is 9.97 Å². The van der Waals surface area contributed by atoms with E-state index in [0.29, 0.717) is 0 Å². The highest BCUT2D eigenvalue weighted by atomic mass is 14.8. The molecule has 0 aliphatic heterocycles. The zero-order valence-corrected chi connectivity index (χ0v) is 11.4. The molecule has 0 bridgehead atoms. The summed E-state index contributed by atoms with van der Waals surface area (Å²) in [6.45, 7) is 5.02. The number of nitrogens with zero attached hydrogens (tertiary/aromatic N) is 2. The summed E-state index contributed by atoms with van der Waals surface area (Å²) in [5.41, 5.74) is 10.3. The molecule has 0 spiro atoms. The summed E-state index contributed by atoms with van der Waals surface area (Å²) in [7, 11) is 0. The molecule has 0 atom stereocenters. The van der Waals surface area contributed by atoms with Crippen LogP contribution in [0.25, 0.3) is 16.6 Å². The lowest BCUT2D eigenvalue weighted by Gasteiger charge is -2.02. The van der Waals surface area contributed by atoms with Crippen molar-refractivity contribution >= 4 is 22.8 Å². The summed E-state index contributed by atoms with van der Waals surface area (Å²) >= 11 is 0. The van der Waals surface area contributed by atoms with Gasteiger partial charge in [0.2, 0.25) is 0 Å². The molecule has 3 N–H and O–H groups in total.